The lowest BCUT2D eigenvalue weighted by Crippen LogP contribution is -2.44. The van der Waals surface area contributed by atoms with Gasteiger partial charge in [-0.05, 0) is 13.8 Å². The van der Waals surface area contributed by atoms with E-state index < -0.39 is 0 Å². The first-order chi connectivity index (χ1) is 11.2. The molecular formula is C15H19N5O2S. The maximum absolute atomic E-state index is 12.4. The zero-order valence-electron chi connectivity index (χ0n) is 13.2. The number of carbonyl (C=O) groups is 1. The largest absolute Gasteiger partial charge is 0.478 e. The molecule has 0 aliphatic carbocycles. The topological polar surface area (TPSA) is 80.2 Å². The van der Waals surface area contributed by atoms with Crippen molar-refractivity contribution < 1.29 is 9.53 Å². The lowest BCUT2D eigenvalue weighted by molar-refractivity contribution is -0.121. The third kappa shape index (κ3) is 3.48. The van der Waals surface area contributed by atoms with Crippen LogP contribution in [0.5, 0.6) is 5.88 Å². The number of nitrogens with one attached hydrogen (secondary N) is 1. The van der Waals surface area contributed by atoms with Crippen LogP contribution in [0.1, 0.15) is 25.1 Å². The van der Waals surface area contributed by atoms with Gasteiger partial charge in [0.1, 0.15) is 6.33 Å². The summed E-state index contributed by atoms with van der Waals surface area (Å²) in [5.41, 5.74) is 1.99. The average Bonchev–Trinajstić information content (AvgIpc) is 3.07. The summed E-state index contributed by atoms with van der Waals surface area (Å²) in [7, 11) is 0. The first-order valence-corrected chi connectivity index (χ1v) is 8.47. The molecule has 0 radical (unpaired) electrons. The van der Waals surface area contributed by atoms with Crippen molar-refractivity contribution in [3.8, 4) is 5.88 Å². The first kappa shape index (κ1) is 15.8. The fraction of sp³-hybridized carbons (Fsp3) is 0.467. The van der Waals surface area contributed by atoms with Gasteiger partial charge in [-0.2, -0.15) is 0 Å². The number of rotatable bonds is 5. The van der Waals surface area contributed by atoms with Gasteiger partial charge in [0.2, 0.25) is 11.8 Å². The second kappa shape index (κ2) is 7.01. The van der Waals surface area contributed by atoms with Gasteiger partial charge in [-0.1, -0.05) is 0 Å². The number of nitrogens with zero attached hydrogens (tertiary/aromatic N) is 4. The molecule has 0 fully saturated rings. The number of hydrogen-bond acceptors (Lipinski definition) is 7. The van der Waals surface area contributed by atoms with Crippen LogP contribution in [0.15, 0.2) is 17.9 Å². The van der Waals surface area contributed by atoms with Crippen molar-refractivity contribution in [2.24, 2.45) is 0 Å². The van der Waals surface area contributed by atoms with Crippen molar-refractivity contribution >= 4 is 22.4 Å². The minimum absolute atomic E-state index is 0.0572. The molecule has 1 aliphatic heterocycles. The summed E-state index contributed by atoms with van der Waals surface area (Å²) in [5, 5.41) is 5.31. The molecule has 2 aromatic heterocycles. The van der Waals surface area contributed by atoms with Crippen molar-refractivity contribution in [2.45, 2.75) is 32.9 Å². The SMILES string of the molecule is CCOc1ncnc2c1CN([C@H](C)C(=O)Nc1nccs1)CC2. The summed E-state index contributed by atoms with van der Waals surface area (Å²) in [6, 6.07) is -0.262. The van der Waals surface area contributed by atoms with Crippen LogP contribution < -0.4 is 10.1 Å². The predicted molar refractivity (Wildman–Crippen MR) is 87.5 cm³/mol. The number of anilines is 1. The molecule has 7 nitrogen and oxygen atoms in total. The highest BCUT2D eigenvalue weighted by molar-refractivity contribution is 7.13. The van der Waals surface area contributed by atoms with Gasteiger partial charge in [0.25, 0.3) is 0 Å². The van der Waals surface area contributed by atoms with Gasteiger partial charge in [0.05, 0.1) is 18.3 Å². The minimum Gasteiger partial charge on any atom is -0.478 e. The summed E-state index contributed by atoms with van der Waals surface area (Å²) in [5.74, 6) is 0.563. The number of thiazole rings is 1. The normalized spacial score (nSPS) is 15.7. The Morgan fingerprint density at radius 1 is 1.48 bits per heavy atom. The van der Waals surface area contributed by atoms with Gasteiger partial charge in [-0.25, -0.2) is 15.0 Å². The molecule has 0 unspecified atom stereocenters. The van der Waals surface area contributed by atoms with Crippen LogP contribution in [0.3, 0.4) is 0 Å². The molecule has 1 amide bonds. The summed E-state index contributed by atoms with van der Waals surface area (Å²) in [6.45, 7) is 5.78. The van der Waals surface area contributed by atoms with E-state index in [9.17, 15) is 4.79 Å². The average molecular weight is 333 g/mol. The quantitative estimate of drug-likeness (QED) is 0.897. The molecule has 1 atom stereocenters. The van der Waals surface area contributed by atoms with Crippen LogP contribution >= 0.6 is 11.3 Å². The standard InChI is InChI=1S/C15H19N5O2S/c1-3-22-14-11-8-20(6-4-12(11)17-9-18-14)10(2)13(21)19-15-16-5-7-23-15/h5,7,9-10H,3-4,6,8H2,1-2H3,(H,16,19,21)/t10-/m1/s1. The Kier molecular flexibility index (Phi) is 4.82. The second-order valence-corrected chi connectivity index (χ2v) is 6.15. The molecule has 0 aromatic carbocycles. The van der Waals surface area contributed by atoms with E-state index in [1.165, 1.54) is 17.7 Å². The summed E-state index contributed by atoms with van der Waals surface area (Å²) < 4.78 is 5.59. The fourth-order valence-corrected chi connectivity index (χ4v) is 3.12. The maximum atomic E-state index is 12.4. The highest BCUT2D eigenvalue weighted by Gasteiger charge is 2.28. The van der Waals surface area contributed by atoms with Gasteiger partial charge in [0.15, 0.2) is 5.13 Å². The van der Waals surface area contributed by atoms with Gasteiger partial charge < -0.3 is 10.1 Å². The summed E-state index contributed by atoms with van der Waals surface area (Å²) in [4.78, 5) is 27.1. The second-order valence-electron chi connectivity index (χ2n) is 5.26. The van der Waals surface area contributed by atoms with E-state index in [0.717, 1.165) is 24.2 Å². The van der Waals surface area contributed by atoms with E-state index >= 15 is 0 Å². The van der Waals surface area contributed by atoms with E-state index in [1.807, 2.05) is 19.2 Å². The van der Waals surface area contributed by atoms with Gasteiger partial charge >= 0.3 is 0 Å². The predicted octanol–water partition coefficient (Wildman–Crippen LogP) is 1.72. The lowest BCUT2D eigenvalue weighted by Gasteiger charge is -2.32. The molecule has 8 heteroatoms. The maximum Gasteiger partial charge on any atom is 0.243 e. The summed E-state index contributed by atoms with van der Waals surface area (Å²) >= 11 is 1.41. The third-order valence-corrected chi connectivity index (χ3v) is 4.55. The van der Waals surface area contributed by atoms with E-state index in [1.54, 1.807) is 6.20 Å². The Morgan fingerprint density at radius 2 is 2.35 bits per heavy atom. The Labute approximate surface area is 138 Å². The Morgan fingerprint density at radius 3 is 3.09 bits per heavy atom. The molecule has 1 N–H and O–H groups in total. The number of ether oxygens (including phenoxy) is 1. The number of aromatic nitrogens is 3. The van der Waals surface area contributed by atoms with Crippen molar-refractivity contribution in [1.29, 1.82) is 0 Å². The molecule has 3 heterocycles. The van der Waals surface area contributed by atoms with Crippen molar-refractivity contribution in [3.05, 3.63) is 29.2 Å². The smallest absolute Gasteiger partial charge is 0.243 e. The summed E-state index contributed by atoms with van der Waals surface area (Å²) in [6.07, 6.45) is 4.00. The Hall–Kier alpha value is -2.06. The molecule has 23 heavy (non-hydrogen) atoms. The Balaban J connectivity index is 1.71. The van der Waals surface area contributed by atoms with E-state index in [-0.39, 0.29) is 11.9 Å². The van der Waals surface area contributed by atoms with E-state index in [0.29, 0.717) is 24.2 Å². The molecule has 2 aromatic rings. The van der Waals surface area contributed by atoms with Crippen LogP contribution in [-0.4, -0.2) is 45.0 Å². The highest BCUT2D eigenvalue weighted by Crippen LogP contribution is 2.26. The van der Waals surface area contributed by atoms with Gasteiger partial charge in [0, 0.05) is 36.7 Å². The molecule has 122 valence electrons. The van der Waals surface area contributed by atoms with Crippen molar-refractivity contribution in [1.82, 2.24) is 19.9 Å². The molecule has 0 bridgehead atoms. The third-order valence-electron chi connectivity index (χ3n) is 3.86. The molecule has 0 spiro atoms. The van der Waals surface area contributed by atoms with Crippen molar-refractivity contribution in [2.75, 3.05) is 18.5 Å². The lowest BCUT2D eigenvalue weighted by atomic mass is 10.0. The van der Waals surface area contributed by atoms with E-state index in [2.05, 4.69) is 25.2 Å². The van der Waals surface area contributed by atoms with Crippen LogP contribution in [0.25, 0.3) is 0 Å². The number of carbonyl (C=O) groups excluding carboxylic acids is 1. The Bertz CT molecular complexity index is 677. The van der Waals surface area contributed by atoms with Gasteiger partial charge in [-0.15, -0.1) is 11.3 Å². The van der Waals surface area contributed by atoms with Crippen LogP contribution in [0, 0.1) is 0 Å². The number of hydrogen-bond donors (Lipinski definition) is 1. The van der Waals surface area contributed by atoms with Crippen LogP contribution in [0.4, 0.5) is 5.13 Å². The molecule has 3 rings (SSSR count). The zero-order chi connectivity index (χ0) is 16.2. The zero-order valence-corrected chi connectivity index (χ0v) is 14.0. The monoisotopic (exact) mass is 333 g/mol. The highest BCUT2D eigenvalue weighted by atomic mass is 32.1. The number of amides is 1. The van der Waals surface area contributed by atoms with Crippen LogP contribution in [-0.2, 0) is 17.8 Å². The minimum atomic E-state index is -0.262. The molecule has 0 saturated heterocycles. The van der Waals surface area contributed by atoms with E-state index in [4.69, 9.17) is 4.74 Å². The number of fused-ring (bicyclic) bond motifs is 1. The fourth-order valence-electron chi connectivity index (χ4n) is 2.59. The molecule has 1 aliphatic rings. The van der Waals surface area contributed by atoms with Crippen LogP contribution in [0.2, 0.25) is 0 Å². The first-order valence-electron chi connectivity index (χ1n) is 7.59. The van der Waals surface area contributed by atoms with Gasteiger partial charge in [-0.3, -0.25) is 9.69 Å². The molecule has 0 saturated carbocycles. The van der Waals surface area contributed by atoms with Crippen molar-refractivity contribution in [3.63, 3.8) is 0 Å². The molecular weight excluding hydrogens is 314 g/mol.